The first kappa shape index (κ1) is 16.8. The molecular formula is C19H22BrN3O2. The van der Waals surface area contributed by atoms with Gasteiger partial charge >= 0.3 is 0 Å². The Hall–Kier alpha value is -1.69. The molecule has 1 N–H and O–H groups in total. The highest BCUT2D eigenvalue weighted by molar-refractivity contribution is 9.10. The average Bonchev–Trinajstić information content (AvgIpc) is 3.23. The highest BCUT2D eigenvalue weighted by Gasteiger charge is 2.42. The summed E-state index contributed by atoms with van der Waals surface area (Å²) in [5.74, 6) is 2.66. The first-order valence-corrected chi connectivity index (χ1v) is 9.72. The second-order valence-electron chi connectivity index (χ2n) is 7.32. The Kier molecular flexibility index (Phi) is 4.63. The zero-order chi connectivity index (χ0) is 17.4. The van der Waals surface area contributed by atoms with Gasteiger partial charge < -0.3 is 10.1 Å². The first-order valence-electron chi connectivity index (χ1n) is 8.92. The molecule has 1 aromatic carbocycles. The lowest BCUT2D eigenvalue weighted by molar-refractivity contribution is -0.124. The largest absolute Gasteiger partial charge is 0.467 e. The van der Waals surface area contributed by atoms with Crippen LogP contribution in [-0.2, 0) is 4.79 Å². The quantitative estimate of drug-likeness (QED) is 0.825. The second-order valence-corrected chi connectivity index (χ2v) is 8.24. The molecule has 2 aliphatic carbocycles. The van der Waals surface area contributed by atoms with Crippen LogP contribution in [0, 0.1) is 17.8 Å². The Morgan fingerprint density at radius 2 is 2.24 bits per heavy atom. The van der Waals surface area contributed by atoms with E-state index in [4.69, 9.17) is 4.74 Å². The lowest BCUT2D eigenvalue weighted by atomic mass is 9.84. The van der Waals surface area contributed by atoms with Crippen molar-refractivity contribution in [3.63, 3.8) is 0 Å². The SMILES string of the molecule is CC(NC(=O)COc1ncnc2ccc(Br)cc12)C1CC2CCC1C2. The smallest absolute Gasteiger partial charge is 0.258 e. The Bertz CT molecular complexity index is 797. The Morgan fingerprint density at radius 3 is 3.00 bits per heavy atom. The molecular weight excluding hydrogens is 382 g/mol. The summed E-state index contributed by atoms with van der Waals surface area (Å²) < 4.78 is 6.60. The standard InChI is InChI=1S/C19H22BrN3O2/c1-11(15-7-12-2-3-13(15)6-12)23-18(24)9-25-19-16-8-14(20)4-5-17(16)21-10-22-19/h4-5,8,10-13,15H,2-3,6-7,9H2,1H3,(H,23,24). The number of aromatic nitrogens is 2. The van der Waals surface area contributed by atoms with Crippen LogP contribution in [0.2, 0.25) is 0 Å². The molecule has 6 heteroatoms. The first-order chi connectivity index (χ1) is 12.1. The highest BCUT2D eigenvalue weighted by atomic mass is 79.9. The highest BCUT2D eigenvalue weighted by Crippen LogP contribution is 2.49. The molecule has 4 unspecified atom stereocenters. The van der Waals surface area contributed by atoms with Gasteiger partial charge in [-0.2, -0.15) is 0 Å². The molecule has 0 saturated heterocycles. The van der Waals surface area contributed by atoms with Gasteiger partial charge in [-0.3, -0.25) is 4.79 Å². The molecule has 5 nitrogen and oxygen atoms in total. The predicted octanol–water partition coefficient (Wildman–Crippen LogP) is 3.71. The van der Waals surface area contributed by atoms with E-state index in [9.17, 15) is 4.79 Å². The van der Waals surface area contributed by atoms with Crippen molar-refractivity contribution in [1.29, 1.82) is 0 Å². The molecule has 25 heavy (non-hydrogen) atoms. The van der Waals surface area contributed by atoms with Gasteiger partial charge in [0.25, 0.3) is 5.91 Å². The van der Waals surface area contributed by atoms with Gasteiger partial charge in [0.05, 0.1) is 10.9 Å². The molecule has 0 radical (unpaired) electrons. The summed E-state index contributed by atoms with van der Waals surface area (Å²) in [6.45, 7) is 2.10. The number of hydrogen-bond donors (Lipinski definition) is 1. The minimum atomic E-state index is -0.0861. The molecule has 4 atom stereocenters. The molecule has 4 rings (SSSR count). The fourth-order valence-electron chi connectivity index (χ4n) is 4.56. The number of carbonyl (C=O) groups is 1. The van der Waals surface area contributed by atoms with E-state index in [-0.39, 0.29) is 18.6 Å². The molecule has 1 heterocycles. The number of amides is 1. The van der Waals surface area contributed by atoms with Crippen LogP contribution in [0.4, 0.5) is 0 Å². The summed E-state index contributed by atoms with van der Waals surface area (Å²) in [5, 5.41) is 3.92. The number of nitrogens with one attached hydrogen (secondary N) is 1. The minimum Gasteiger partial charge on any atom is -0.467 e. The molecule has 0 spiro atoms. The van der Waals surface area contributed by atoms with Gasteiger partial charge in [0.1, 0.15) is 6.33 Å². The van der Waals surface area contributed by atoms with Crippen LogP contribution in [-0.4, -0.2) is 28.5 Å². The van der Waals surface area contributed by atoms with Crippen molar-refractivity contribution >= 4 is 32.7 Å². The fourth-order valence-corrected chi connectivity index (χ4v) is 4.92. The predicted molar refractivity (Wildman–Crippen MR) is 99.3 cm³/mol. The number of halogens is 1. The van der Waals surface area contributed by atoms with Crippen LogP contribution in [0.3, 0.4) is 0 Å². The topological polar surface area (TPSA) is 64.1 Å². The number of carbonyl (C=O) groups excluding carboxylic acids is 1. The maximum Gasteiger partial charge on any atom is 0.258 e. The zero-order valence-corrected chi connectivity index (χ0v) is 15.8. The van der Waals surface area contributed by atoms with Crippen LogP contribution in [0.1, 0.15) is 32.6 Å². The molecule has 1 aromatic heterocycles. The van der Waals surface area contributed by atoms with Crippen molar-refractivity contribution in [3.05, 3.63) is 29.0 Å². The third-order valence-corrected chi connectivity index (χ3v) is 6.22. The summed E-state index contributed by atoms with van der Waals surface area (Å²) in [6.07, 6.45) is 6.78. The lowest BCUT2D eigenvalue weighted by Gasteiger charge is -2.28. The summed E-state index contributed by atoms with van der Waals surface area (Å²) in [4.78, 5) is 20.7. The van der Waals surface area contributed by atoms with Crippen molar-refractivity contribution in [3.8, 4) is 5.88 Å². The number of ether oxygens (including phenoxy) is 1. The molecule has 2 saturated carbocycles. The number of hydrogen-bond acceptors (Lipinski definition) is 4. The molecule has 2 bridgehead atoms. The molecule has 132 valence electrons. The minimum absolute atomic E-state index is 0.0240. The Balaban J connectivity index is 1.37. The van der Waals surface area contributed by atoms with Gasteiger partial charge in [-0.15, -0.1) is 0 Å². The average molecular weight is 404 g/mol. The summed E-state index contributed by atoms with van der Waals surface area (Å²) >= 11 is 3.44. The maximum absolute atomic E-state index is 12.3. The number of benzene rings is 1. The van der Waals surface area contributed by atoms with E-state index in [1.165, 1.54) is 32.0 Å². The van der Waals surface area contributed by atoms with Gasteiger partial charge in [0.15, 0.2) is 6.61 Å². The van der Waals surface area contributed by atoms with Crippen molar-refractivity contribution in [2.75, 3.05) is 6.61 Å². The molecule has 2 aromatic rings. The van der Waals surface area contributed by atoms with Crippen LogP contribution in [0.5, 0.6) is 5.88 Å². The van der Waals surface area contributed by atoms with Crippen molar-refractivity contribution in [2.24, 2.45) is 17.8 Å². The van der Waals surface area contributed by atoms with Gasteiger partial charge in [0, 0.05) is 10.5 Å². The number of nitrogens with zero attached hydrogens (tertiary/aromatic N) is 2. The molecule has 1 amide bonds. The summed E-state index contributed by atoms with van der Waals surface area (Å²) in [7, 11) is 0. The van der Waals surface area contributed by atoms with E-state index >= 15 is 0 Å². The molecule has 2 aliphatic rings. The third-order valence-electron chi connectivity index (χ3n) is 5.72. The Labute approximate surface area is 155 Å². The zero-order valence-electron chi connectivity index (χ0n) is 14.2. The van der Waals surface area contributed by atoms with Crippen LogP contribution in [0.25, 0.3) is 10.9 Å². The van der Waals surface area contributed by atoms with Crippen LogP contribution >= 0.6 is 15.9 Å². The van der Waals surface area contributed by atoms with Crippen molar-refractivity contribution in [2.45, 2.75) is 38.6 Å². The van der Waals surface area contributed by atoms with Crippen LogP contribution < -0.4 is 10.1 Å². The molecule has 2 fully saturated rings. The van der Waals surface area contributed by atoms with Gasteiger partial charge in [0.2, 0.25) is 5.88 Å². The Morgan fingerprint density at radius 1 is 1.36 bits per heavy atom. The third kappa shape index (κ3) is 3.50. The normalized spacial score (nSPS) is 25.9. The van der Waals surface area contributed by atoms with E-state index in [0.29, 0.717) is 11.8 Å². The monoisotopic (exact) mass is 403 g/mol. The molecule has 0 aliphatic heterocycles. The van der Waals surface area contributed by atoms with Gasteiger partial charge in [-0.25, -0.2) is 9.97 Å². The van der Waals surface area contributed by atoms with Crippen molar-refractivity contribution < 1.29 is 9.53 Å². The lowest BCUT2D eigenvalue weighted by Crippen LogP contribution is -2.42. The fraction of sp³-hybridized carbons (Fsp3) is 0.526. The van der Waals surface area contributed by atoms with Gasteiger partial charge in [-0.05, 0) is 62.1 Å². The van der Waals surface area contributed by atoms with E-state index in [1.54, 1.807) is 0 Å². The van der Waals surface area contributed by atoms with Crippen molar-refractivity contribution in [1.82, 2.24) is 15.3 Å². The maximum atomic E-state index is 12.3. The number of rotatable bonds is 5. The van der Waals surface area contributed by atoms with Gasteiger partial charge in [-0.1, -0.05) is 22.4 Å². The van der Waals surface area contributed by atoms with E-state index in [1.807, 2.05) is 18.2 Å². The van der Waals surface area contributed by atoms with E-state index in [0.717, 1.165) is 27.2 Å². The van der Waals surface area contributed by atoms with E-state index in [2.05, 4.69) is 38.1 Å². The number of fused-ring (bicyclic) bond motifs is 3. The summed E-state index contributed by atoms with van der Waals surface area (Å²) in [6, 6.07) is 5.93. The van der Waals surface area contributed by atoms with E-state index < -0.39 is 0 Å². The summed E-state index contributed by atoms with van der Waals surface area (Å²) in [5.41, 5.74) is 0.795. The second kappa shape index (κ2) is 6.90. The van der Waals surface area contributed by atoms with Crippen LogP contribution in [0.15, 0.2) is 29.0 Å².